The highest BCUT2D eigenvalue weighted by Crippen LogP contribution is 2.10. The van der Waals surface area contributed by atoms with Crippen molar-refractivity contribution in [1.82, 2.24) is 20.6 Å². The topological polar surface area (TPSA) is 102 Å². The van der Waals surface area contributed by atoms with Gasteiger partial charge in [-0.15, -0.1) is 0 Å². The van der Waals surface area contributed by atoms with Crippen molar-refractivity contribution in [3.8, 4) is 11.4 Å². The van der Waals surface area contributed by atoms with E-state index in [4.69, 9.17) is 4.74 Å². The number of aromatic nitrogens is 2. The largest absolute Gasteiger partial charge is 0.484 e. The number of rotatable bonds is 5. The van der Waals surface area contributed by atoms with Gasteiger partial charge in [-0.25, -0.2) is 9.07 Å². The summed E-state index contributed by atoms with van der Waals surface area (Å²) in [6.45, 7) is 1.28. The van der Waals surface area contributed by atoms with E-state index in [2.05, 4.69) is 16.0 Å². The van der Waals surface area contributed by atoms with Gasteiger partial charge in [0.1, 0.15) is 11.6 Å². The molecule has 0 atom stereocenters. The molecule has 9 heteroatoms. The Morgan fingerprint density at radius 3 is 2.45 bits per heavy atom. The minimum Gasteiger partial charge on any atom is -0.484 e. The van der Waals surface area contributed by atoms with E-state index in [-0.39, 0.29) is 5.69 Å². The average Bonchev–Trinajstić information content (AvgIpc) is 2.72. The second-order valence-corrected chi connectivity index (χ2v) is 5.99. The molecule has 1 heterocycles. The van der Waals surface area contributed by atoms with Crippen molar-refractivity contribution >= 4 is 11.8 Å². The molecule has 0 saturated heterocycles. The van der Waals surface area contributed by atoms with Crippen LogP contribution >= 0.6 is 0 Å². The van der Waals surface area contributed by atoms with Crippen molar-refractivity contribution in [2.75, 3.05) is 6.61 Å². The molecule has 3 aromatic rings. The molecule has 0 fully saturated rings. The Hall–Kier alpha value is -4.01. The molecule has 2 amide bonds. The number of amides is 2. The van der Waals surface area contributed by atoms with E-state index in [0.29, 0.717) is 17.1 Å². The first kappa shape index (κ1) is 19.7. The number of benzene rings is 2. The van der Waals surface area contributed by atoms with Crippen LogP contribution in [0.15, 0.2) is 65.5 Å². The molecule has 0 bridgehead atoms. The van der Waals surface area contributed by atoms with Crippen LogP contribution < -0.4 is 21.0 Å². The molecule has 0 saturated carbocycles. The van der Waals surface area contributed by atoms with Crippen LogP contribution in [0.4, 0.5) is 4.39 Å². The standard InChI is InChI=1S/C20H17FN4O4/c1-13-11-17(26)19(24-25(13)15-5-3-2-4-6-15)20(28)23-22-18(27)12-29-16-9-7-14(21)8-10-16/h2-11H,12H2,1H3,(H,22,27)(H,23,28). The third kappa shape index (κ3) is 5.04. The number of carbonyl (C=O) groups is 2. The Morgan fingerprint density at radius 2 is 1.76 bits per heavy atom. The van der Waals surface area contributed by atoms with E-state index in [9.17, 15) is 18.8 Å². The highest BCUT2D eigenvalue weighted by molar-refractivity contribution is 5.93. The van der Waals surface area contributed by atoms with E-state index in [1.165, 1.54) is 35.0 Å². The van der Waals surface area contributed by atoms with Crippen molar-refractivity contribution < 1.29 is 18.7 Å². The predicted molar refractivity (Wildman–Crippen MR) is 102 cm³/mol. The summed E-state index contributed by atoms with van der Waals surface area (Å²) in [5.74, 6) is -1.67. The number of hydrogen-bond acceptors (Lipinski definition) is 5. The number of carbonyl (C=O) groups excluding carboxylic acids is 2. The van der Waals surface area contributed by atoms with Crippen molar-refractivity contribution in [3.05, 3.63) is 88.1 Å². The Morgan fingerprint density at radius 1 is 1.07 bits per heavy atom. The predicted octanol–water partition coefficient (Wildman–Crippen LogP) is 1.52. The zero-order valence-corrected chi connectivity index (χ0v) is 15.4. The van der Waals surface area contributed by atoms with Crippen molar-refractivity contribution in [1.29, 1.82) is 0 Å². The fraction of sp³-hybridized carbons (Fsp3) is 0.100. The van der Waals surface area contributed by atoms with E-state index >= 15 is 0 Å². The summed E-state index contributed by atoms with van der Waals surface area (Å²) in [4.78, 5) is 36.3. The number of hydrogen-bond donors (Lipinski definition) is 2. The third-order valence-electron chi connectivity index (χ3n) is 3.82. The van der Waals surface area contributed by atoms with E-state index in [1.807, 2.05) is 6.07 Å². The first-order valence-electron chi connectivity index (χ1n) is 8.58. The summed E-state index contributed by atoms with van der Waals surface area (Å²) in [6, 6.07) is 15.4. The number of halogens is 1. The summed E-state index contributed by atoms with van der Waals surface area (Å²) >= 11 is 0. The van der Waals surface area contributed by atoms with E-state index in [1.54, 1.807) is 31.2 Å². The molecule has 0 aliphatic heterocycles. The molecule has 29 heavy (non-hydrogen) atoms. The van der Waals surface area contributed by atoms with Gasteiger partial charge in [-0.05, 0) is 43.3 Å². The van der Waals surface area contributed by atoms with Gasteiger partial charge in [0.2, 0.25) is 5.43 Å². The number of aryl methyl sites for hydroxylation is 1. The van der Waals surface area contributed by atoms with Gasteiger partial charge in [0, 0.05) is 11.8 Å². The monoisotopic (exact) mass is 396 g/mol. The zero-order chi connectivity index (χ0) is 20.8. The van der Waals surface area contributed by atoms with Crippen LogP contribution in [0, 0.1) is 12.7 Å². The first-order chi connectivity index (χ1) is 13.9. The minimum absolute atomic E-state index is 0.291. The lowest BCUT2D eigenvalue weighted by Crippen LogP contribution is -2.45. The normalized spacial score (nSPS) is 10.3. The molecule has 0 spiro atoms. The Labute approximate surface area is 164 Å². The number of nitrogens with zero attached hydrogens (tertiary/aromatic N) is 2. The number of hydrazine groups is 1. The van der Waals surface area contributed by atoms with Crippen LogP contribution in [0.25, 0.3) is 5.69 Å². The smallest absolute Gasteiger partial charge is 0.294 e. The lowest BCUT2D eigenvalue weighted by Gasteiger charge is -2.12. The summed E-state index contributed by atoms with van der Waals surface area (Å²) < 4.78 is 19.5. The first-order valence-corrected chi connectivity index (χ1v) is 8.58. The van der Waals surface area contributed by atoms with Crippen LogP contribution in [-0.4, -0.2) is 28.2 Å². The van der Waals surface area contributed by atoms with Gasteiger partial charge < -0.3 is 4.74 Å². The quantitative estimate of drug-likeness (QED) is 0.637. The summed E-state index contributed by atoms with van der Waals surface area (Å²) in [7, 11) is 0. The Balaban J connectivity index is 1.63. The molecule has 8 nitrogen and oxygen atoms in total. The van der Waals surface area contributed by atoms with Crippen LogP contribution in [0.2, 0.25) is 0 Å². The van der Waals surface area contributed by atoms with Crippen LogP contribution in [0.1, 0.15) is 16.2 Å². The van der Waals surface area contributed by atoms with Gasteiger partial charge in [0.15, 0.2) is 12.3 Å². The molecular weight excluding hydrogens is 379 g/mol. The molecule has 1 aromatic heterocycles. The van der Waals surface area contributed by atoms with Gasteiger partial charge in [0.25, 0.3) is 11.8 Å². The number of para-hydroxylation sites is 1. The molecule has 2 N–H and O–H groups in total. The molecular formula is C20H17FN4O4. The SMILES string of the molecule is Cc1cc(=O)c(C(=O)NNC(=O)COc2ccc(F)cc2)nn1-c1ccccc1. The number of ether oxygens (including phenoxy) is 1. The molecule has 2 aromatic carbocycles. The van der Waals surface area contributed by atoms with Crippen molar-refractivity contribution in [3.63, 3.8) is 0 Å². The summed E-state index contributed by atoms with van der Waals surface area (Å²) in [6.07, 6.45) is 0. The van der Waals surface area contributed by atoms with E-state index in [0.717, 1.165) is 0 Å². The van der Waals surface area contributed by atoms with Crippen LogP contribution in [-0.2, 0) is 4.79 Å². The molecule has 3 rings (SSSR count). The fourth-order valence-electron chi connectivity index (χ4n) is 2.44. The van der Waals surface area contributed by atoms with Crippen molar-refractivity contribution in [2.24, 2.45) is 0 Å². The molecule has 0 radical (unpaired) electrons. The highest BCUT2D eigenvalue weighted by Gasteiger charge is 2.16. The van der Waals surface area contributed by atoms with Crippen molar-refractivity contribution in [2.45, 2.75) is 6.92 Å². The maximum atomic E-state index is 12.8. The van der Waals surface area contributed by atoms with Gasteiger partial charge >= 0.3 is 0 Å². The Bertz CT molecular complexity index is 1080. The maximum Gasteiger partial charge on any atom is 0.294 e. The third-order valence-corrected chi connectivity index (χ3v) is 3.82. The summed E-state index contributed by atoms with van der Waals surface area (Å²) in [5, 5.41) is 4.10. The summed E-state index contributed by atoms with van der Waals surface area (Å²) in [5.41, 5.74) is 4.54. The second kappa shape index (κ2) is 8.79. The van der Waals surface area contributed by atoms with Crippen LogP contribution in [0.5, 0.6) is 5.75 Å². The second-order valence-electron chi connectivity index (χ2n) is 5.99. The minimum atomic E-state index is -0.866. The molecule has 0 unspecified atom stereocenters. The van der Waals surface area contributed by atoms with Gasteiger partial charge in [-0.2, -0.15) is 5.10 Å². The van der Waals surface area contributed by atoms with Crippen LogP contribution in [0.3, 0.4) is 0 Å². The van der Waals surface area contributed by atoms with E-state index < -0.39 is 29.7 Å². The number of nitrogens with one attached hydrogen (secondary N) is 2. The average molecular weight is 396 g/mol. The fourth-order valence-corrected chi connectivity index (χ4v) is 2.44. The highest BCUT2D eigenvalue weighted by atomic mass is 19.1. The Kier molecular flexibility index (Phi) is 5.98. The maximum absolute atomic E-state index is 12.8. The van der Waals surface area contributed by atoms with Gasteiger partial charge in [-0.3, -0.25) is 25.2 Å². The lowest BCUT2D eigenvalue weighted by atomic mass is 10.3. The zero-order valence-electron chi connectivity index (χ0n) is 15.4. The lowest BCUT2D eigenvalue weighted by molar-refractivity contribution is -0.123. The molecule has 0 aliphatic carbocycles. The van der Waals surface area contributed by atoms with Gasteiger partial charge in [0.05, 0.1) is 5.69 Å². The molecule has 0 aliphatic rings. The van der Waals surface area contributed by atoms with Gasteiger partial charge in [-0.1, -0.05) is 18.2 Å². The molecule has 148 valence electrons.